The first-order valence-corrected chi connectivity index (χ1v) is 6.45. The lowest BCUT2D eigenvalue weighted by Crippen LogP contribution is -2.07. The van der Waals surface area contributed by atoms with Gasteiger partial charge in [-0.2, -0.15) is 0 Å². The minimum absolute atomic E-state index is 0.0708. The minimum atomic E-state index is -0.408. The van der Waals surface area contributed by atoms with Crippen molar-refractivity contribution in [2.75, 3.05) is 5.32 Å². The maximum atomic E-state index is 13.0. The molecule has 0 saturated heterocycles. The third kappa shape index (κ3) is 2.96. The molecule has 0 radical (unpaired) electrons. The summed E-state index contributed by atoms with van der Waals surface area (Å²) in [6.45, 7) is 3.97. The zero-order valence-corrected chi connectivity index (χ0v) is 11.1. The van der Waals surface area contributed by atoms with E-state index in [2.05, 4.69) is 10.3 Å². The van der Waals surface area contributed by atoms with E-state index in [0.717, 1.165) is 16.4 Å². The summed E-state index contributed by atoms with van der Waals surface area (Å²) in [6.07, 6.45) is 0. The van der Waals surface area contributed by atoms with E-state index in [9.17, 15) is 4.39 Å². The van der Waals surface area contributed by atoms with Crippen molar-refractivity contribution >= 4 is 28.6 Å². The van der Waals surface area contributed by atoms with Gasteiger partial charge in [0.1, 0.15) is 5.82 Å². The van der Waals surface area contributed by atoms with Gasteiger partial charge in [-0.25, -0.2) is 9.37 Å². The van der Waals surface area contributed by atoms with Crippen LogP contribution in [0.2, 0.25) is 5.02 Å². The number of aromatic nitrogens is 1. The Labute approximate surface area is 108 Å². The SMILES string of the molecule is Cc1nc(C(C)Nc2ccc(F)c(Cl)c2)cs1. The average Bonchev–Trinajstić information content (AvgIpc) is 2.70. The van der Waals surface area contributed by atoms with Crippen LogP contribution in [0.5, 0.6) is 0 Å². The first-order chi connectivity index (χ1) is 8.06. The molecule has 1 N–H and O–H groups in total. The van der Waals surface area contributed by atoms with Crippen LogP contribution in [0.4, 0.5) is 10.1 Å². The molecule has 0 aliphatic rings. The van der Waals surface area contributed by atoms with Crippen molar-refractivity contribution in [3.8, 4) is 0 Å². The Morgan fingerprint density at radius 3 is 2.82 bits per heavy atom. The van der Waals surface area contributed by atoms with Crippen LogP contribution < -0.4 is 5.32 Å². The zero-order valence-electron chi connectivity index (χ0n) is 9.50. The number of halogens is 2. The van der Waals surface area contributed by atoms with E-state index in [4.69, 9.17) is 11.6 Å². The van der Waals surface area contributed by atoms with E-state index >= 15 is 0 Å². The Balaban J connectivity index is 2.12. The fraction of sp³-hybridized carbons (Fsp3) is 0.250. The second kappa shape index (κ2) is 5.02. The summed E-state index contributed by atoms with van der Waals surface area (Å²) in [4.78, 5) is 4.40. The van der Waals surface area contributed by atoms with Gasteiger partial charge in [0.05, 0.1) is 21.8 Å². The Morgan fingerprint density at radius 1 is 1.47 bits per heavy atom. The normalized spacial score (nSPS) is 12.5. The van der Waals surface area contributed by atoms with E-state index in [1.807, 2.05) is 19.2 Å². The van der Waals surface area contributed by atoms with Gasteiger partial charge in [-0.3, -0.25) is 0 Å². The van der Waals surface area contributed by atoms with Gasteiger partial charge in [0.15, 0.2) is 0 Å². The molecule has 2 rings (SSSR count). The average molecular weight is 271 g/mol. The molecular formula is C12H12ClFN2S. The Kier molecular flexibility index (Phi) is 3.64. The van der Waals surface area contributed by atoms with Gasteiger partial charge in [-0.15, -0.1) is 11.3 Å². The van der Waals surface area contributed by atoms with Crippen LogP contribution in [-0.2, 0) is 0 Å². The molecule has 17 heavy (non-hydrogen) atoms. The topological polar surface area (TPSA) is 24.9 Å². The van der Waals surface area contributed by atoms with Crippen molar-refractivity contribution in [2.24, 2.45) is 0 Å². The van der Waals surface area contributed by atoms with Gasteiger partial charge in [0.2, 0.25) is 0 Å². The molecule has 1 aromatic heterocycles. The number of anilines is 1. The van der Waals surface area contributed by atoms with Crippen molar-refractivity contribution in [3.63, 3.8) is 0 Å². The molecule has 0 saturated carbocycles. The van der Waals surface area contributed by atoms with Crippen LogP contribution in [0.15, 0.2) is 23.6 Å². The van der Waals surface area contributed by atoms with Gasteiger partial charge in [-0.05, 0) is 32.0 Å². The van der Waals surface area contributed by atoms with Gasteiger partial charge in [-0.1, -0.05) is 11.6 Å². The number of rotatable bonds is 3. The monoisotopic (exact) mass is 270 g/mol. The highest BCUT2D eigenvalue weighted by atomic mass is 35.5. The molecule has 1 heterocycles. The maximum absolute atomic E-state index is 13.0. The van der Waals surface area contributed by atoms with Crippen LogP contribution in [0, 0.1) is 12.7 Å². The van der Waals surface area contributed by atoms with Crippen molar-refractivity contribution < 1.29 is 4.39 Å². The fourth-order valence-corrected chi connectivity index (χ4v) is 2.38. The maximum Gasteiger partial charge on any atom is 0.141 e. The summed E-state index contributed by atoms with van der Waals surface area (Å²) in [7, 11) is 0. The Morgan fingerprint density at radius 2 is 2.24 bits per heavy atom. The molecule has 0 fully saturated rings. The van der Waals surface area contributed by atoms with Crippen molar-refractivity contribution in [3.05, 3.63) is 45.1 Å². The quantitative estimate of drug-likeness (QED) is 0.893. The van der Waals surface area contributed by atoms with Crippen molar-refractivity contribution in [1.82, 2.24) is 4.98 Å². The van der Waals surface area contributed by atoms with E-state index < -0.39 is 5.82 Å². The largest absolute Gasteiger partial charge is 0.377 e. The van der Waals surface area contributed by atoms with Crippen molar-refractivity contribution in [2.45, 2.75) is 19.9 Å². The predicted octanol–water partition coefficient (Wildman–Crippen LogP) is 4.42. The van der Waals surface area contributed by atoms with Crippen LogP contribution in [-0.4, -0.2) is 4.98 Å². The Bertz CT molecular complexity index is 527. The molecule has 0 spiro atoms. The smallest absolute Gasteiger partial charge is 0.141 e. The third-order valence-corrected chi connectivity index (χ3v) is 3.46. The second-order valence-electron chi connectivity index (χ2n) is 3.79. The van der Waals surface area contributed by atoms with E-state index in [1.165, 1.54) is 6.07 Å². The van der Waals surface area contributed by atoms with Gasteiger partial charge in [0.25, 0.3) is 0 Å². The highest BCUT2D eigenvalue weighted by Gasteiger charge is 2.09. The van der Waals surface area contributed by atoms with Crippen molar-refractivity contribution in [1.29, 1.82) is 0 Å². The van der Waals surface area contributed by atoms with Crippen LogP contribution in [0.3, 0.4) is 0 Å². The van der Waals surface area contributed by atoms with Gasteiger partial charge in [0, 0.05) is 11.1 Å². The summed E-state index contributed by atoms with van der Waals surface area (Å²) in [5, 5.41) is 6.40. The molecule has 90 valence electrons. The number of hydrogen-bond acceptors (Lipinski definition) is 3. The molecule has 0 aliphatic heterocycles. The molecule has 0 aliphatic carbocycles. The highest BCUT2D eigenvalue weighted by Crippen LogP contribution is 2.24. The molecule has 2 nitrogen and oxygen atoms in total. The molecular weight excluding hydrogens is 259 g/mol. The van der Waals surface area contributed by atoms with Crippen LogP contribution >= 0.6 is 22.9 Å². The molecule has 0 amide bonds. The standard InChI is InChI=1S/C12H12ClFN2S/c1-7(12-6-17-8(2)16-12)15-9-3-4-11(14)10(13)5-9/h3-7,15H,1-2H3. The lowest BCUT2D eigenvalue weighted by molar-refractivity contribution is 0.628. The number of thiazole rings is 1. The summed E-state index contributed by atoms with van der Waals surface area (Å²) < 4.78 is 13.0. The summed E-state index contributed by atoms with van der Waals surface area (Å²) in [5.41, 5.74) is 1.77. The van der Waals surface area contributed by atoms with E-state index in [-0.39, 0.29) is 11.1 Å². The summed E-state index contributed by atoms with van der Waals surface area (Å²) in [6, 6.07) is 4.66. The third-order valence-electron chi connectivity index (χ3n) is 2.38. The number of aryl methyl sites for hydroxylation is 1. The first kappa shape index (κ1) is 12.3. The van der Waals surface area contributed by atoms with Gasteiger partial charge < -0.3 is 5.32 Å². The predicted molar refractivity (Wildman–Crippen MR) is 70.3 cm³/mol. The molecule has 1 atom stereocenters. The summed E-state index contributed by atoms with van der Waals surface area (Å²) in [5.74, 6) is -0.408. The number of nitrogens with zero attached hydrogens (tertiary/aromatic N) is 1. The highest BCUT2D eigenvalue weighted by molar-refractivity contribution is 7.09. The molecule has 1 aromatic carbocycles. The zero-order chi connectivity index (χ0) is 12.4. The summed E-state index contributed by atoms with van der Waals surface area (Å²) >= 11 is 7.33. The molecule has 2 aromatic rings. The molecule has 0 bridgehead atoms. The lowest BCUT2D eigenvalue weighted by atomic mass is 10.2. The van der Waals surface area contributed by atoms with E-state index in [1.54, 1.807) is 23.5 Å². The van der Waals surface area contributed by atoms with Crippen LogP contribution in [0.25, 0.3) is 0 Å². The molecule has 1 unspecified atom stereocenters. The lowest BCUT2D eigenvalue weighted by Gasteiger charge is -2.13. The van der Waals surface area contributed by atoms with Crippen LogP contribution in [0.1, 0.15) is 23.7 Å². The fourth-order valence-electron chi connectivity index (χ4n) is 1.49. The number of hydrogen-bond donors (Lipinski definition) is 1. The number of nitrogens with one attached hydrogen (secondary N) is 1. The number of benzene rings is 1. The first-order valence-electron chi connectivity index (χ1n) is 5.20. The molecule has 5 heteroatoms. The second-order valence-corrected chi connectivity index (χ2v) is 5.26. The van der Waals surface area contributed by atoms with Gasteiger partial charge >= 0.3 is 0 Å². The Hall–Kier alpha value is -1.13. The van der Waals surface area contributed by atoms with E-state index in [0.29, 0.717) is 0 Å². The minimum Gasteiger partial charge on any atom is -0.377 e.